The van der Waals surface area contributed by atoms with E-state index in [-0.39, 0.29) is 28.5 Å². The normalized spacial score (nSPS) is 17.5. The summed E-state index contributed by atoms with van der Waals surface area (Å²) in [6, 6.07) is 17.1. The first-order valence-electron chi connectivity index (χ1n) is 10.3. The van der Waals surface area contributed by atoms with E-state index in [0.717, 1.165) is 16.3 Å². The maximum absolute atomic E-state index is 12.7. The molecule has 0 bridgehead atoms. The minimum Gasteiger partial charge on any atom is -0.326 e. The average Bonchev–Trinajstić information content (AvgIpc) is 3.61. The van der Waals surface area contributed by atoms with Crippen LogP contribution in [0.1, 0.15) is 17.9 Å². The van der Waals surface area contributed by atoms with Gasteiger partial charge < -0.3 is 5.32 Å². The SMILES string of the molecule is O=C(Nc1ccc2cncc(Cl)c2c1)[C@@H]1C[C@H]1c1ccc(S(=O)(=O)Nc2ccccn2)cc1. The van der Waals surface area contributed by atoms with Gasteiger partial charge in [-0.05, 0) is 54.3 Å². The molecule has 7 nitrogen and oxygen atoms in total. The van der Waals surface area contributed by atoms with Crippen molar-refractivity contribution in [3.63, 3.8) is 0 Å². The van der Waals surface area contributed by atoms with E-state index in [1.807, 2.05) is 18.2 Å². The molecule has 1 fully saturated rings. The summed E-state index contributed by atoms with van der Waals surface area (Å²) < 4.78 is 27.6. The molecule has 9 heteroatoms. The van der Waals surface area contributed by atoms with Crippen LogP contribution in [0.2, 0.25) is 5.02 Å². The van der Waals surface area contributed by atoms with E-state index in [0.29, 0.717) is 17.1 Å². The van der Waals surface area contributed by atoms with E-state index in [9.17, 15) is 13.2 Å². The standard InChI is InChI=1S/C24H19ClN4O3S/c25-22-14-26-13-16-4-7-17(11-20(16)22)28-24(30)21-12-19(21)15-5-8-18(9-6-15)33(31,32)29-23-3-1-2-10-27-23/h1-11,13-14,19,21H,12H2,(H,27,29)(H,28,30)/t19-,21+/m0/s1. The lowest BCUT2D eigenvalue weighted by atomic mass is 10.1. The van der Waals surface area contributed by atoms with Crippen LogP contribution in [0.25, 0.3) is 10.8 Å². The van der Waals surface area contributed by atoms with Crippen molar-refractivity contribution in [1.82, 2.24) is 9.97 Å². The second-order valence-corrected chi connectivity index (χ2v) is 9.97. The molecule has 1 amide bonds. The highest BCUT2D eigenvalue weighted by Crippen LogP contribution is 2.48. The third kappa shape index (κ3) is 4.53. The molecule has 166 valence electrons. The Bertz CT molecular complexity index is 1440. The summed E-state index contributed by atoms with van der Waals surface area (Å²) in [5, 5.41) is 5.21. The second kappa shape index (κ2) is 8.46. The number of nitrogens with one attached hydrogen (secondary N) is 2. The van der Waals surface area contributed by atoms with Gasteiger partial charge in [-0.25, -0.2) is 13.4 Å². The Morgan fingerprint density at radius 1 is 1.03 bits per heavy atom. The summed E-state index contributed by atoms with van der Waals surface area (Å²) in [5.74, 6) is 0.0752. The molecule has 2 aromatic carbocycles. The van der Waals surface area contributed by atoms with Gasteiger partial charge in [0.2, 0.25) is 5.91 Å². The fourth-order valence-electron chi connectivity index (χ4n) is 3.81. The number of pyridine rings is 2. The number of carbonyl (C=O) groups excluding carboxylic acids is 1. The largest absolute Gasteiger partial charge is 0.326 e. The molecule has 2 N–H and O–H groups in total. The van der Waals surface area contributed by atoms with Gasteiger partial charge in [-0.2, -0.15) is 0 Å². The maximum atomic E-state index is 12.7. The molecule has 0 spiro atoms. The maximum Gasteiger partial charge on any atom is 0.263 e. The molecule has 1 saturated carbocycles. The van der Waals surface area contributed by atoms with Crippen molar-refractivity contribution in [2.75, 3.05) is 10.0 Å². The lowest BCUT2D eigenvalue weighted by Crippen LogP contribution is -2.15. The molecule has 0 aliphatic heterocycles. The van der Waals surface area contributed by atoms with Gasteiger partial charge in [0.05, 0.1) is 9.92 Å². The highest BCUT2D eigenvalue weighted by Gasteiger charge is 2.44. The predicted octanol–water partition coefficient (Wildman–Crippen LogP) is 4.83. The fraction of sp³-hybridized carbons (Fsp3) is 0.125. The van der Waals surface area contributed by atoms with Gasteiger partial charge in [0, 0.05) is 41.0 Å². The molecule has 0 saturated heterocycles. The van der Waals surface area contributed by atoms with Gasteiger partial charge in [-0.1, -0.05) is 35.9 Å². The van der Waals surface area contributed by atoms with Crippen LogP contribution in [-0.4, -0.2) is 24.3 Å². The summed E-state index contributed by atoms with van der Waals surface area (Å²) in [6.45, 7) is 0. The zero-order valence-electron chi connectivity index (χ0n) is 17.3. The molecule has 33 heavy (non-hydrogen) atoms. The number of sulfonamides is 1. The number of rotatable bonds is 6. The van der Waals surface area contributed by atoms with Gasteiger partial charge >= 0.3 is 0 Å². The van der Waals surface area contributed by atoms with E-state index in [1.54, 1.807) is 54.9 Å². The van der Waals surface area contributed by atoms with Crippen molar-refractivity contribution < 1.29 is 13.2 Å². The number of hydrogen-bond donors (Lipinski definition) is 2. The third-order valence-electron chi connectivity index (χ3n) is 5.63. The van der Waals surface area contributed by atoms with Crippen LogP contribution in [0.3, 0.4) is 0 Å². The Kier molecular flexibility index (Phi) is 5.47. The summed E-state index contributed by atoms with van der Waals surface area (Å²) in [6.07, 6.45) is 5.52. The van der Waals surface area contributed by atoms with Crippen molar-refractivity contribution in [3.05, 3.63) is 89.8 Å². The molecule has 1 aliphatic carbocycles. The molecule has 2 atom stereocenters. The monoisotopic (exact) mass is 478 g/mol. The van der Waals surface area contributed by atoms with Crippen LogP contribution in [0.15, 0.2) is 84.1 Å². The molecular formula is C24H19ClN4O3S. The molecular weight excluding hydrogens is 460 g/mol. The van der Waals surface area contributed by atoms with E-state index >= 15 is 0 Å². The highest BCUT2D eigenvalue weighted by atomic mass is 35.5. The number of anilines is 2. The van der Waals surface area contributed by atoms with Crippen LogP contribution in [-0.2, 0) is 14.8 Å². The Balaban J connectivity index is 1.25. The summed E-state index contributed by atoms with van der Waals surface area (Å²) >= 11 is 6.21. The van der Waals surface area contributed by atoms with Gasteiger partial charge in [-0.15, -0.1) is 0 Å². The van der Waals surface area contributed by atoms with Gasteiger partial charge in [-0.3, -0.25) is 14.5 Å². The Labute approximate surface area is 195 Å². The molecule has 5 rings (SSSR count). The van der Waals surface area contributed by atoms with Crippen LogP contribution in [0.4, 0.5) is 11.5 Å². The topological polar surface area (TPSA) is 101 Å². The molecule has 1 aliphatic rings. The number of halogens is 1. The molecule has 4 aromatic rings. The number of fused-ring (bicyclic) bond motifs is 1. The smallest absolute Gasteiger partial charge is 0.263 e. The lowest BCUT2D eigenvalue weighted by Gasteiger charge is -2.09. The Hall–Kier alpha value is -3.49. The van der Waals surface area contributed by atoms with E-state index in [2.05, 4.69) is 20.0 Å². The van der Waals surface area contributed by atoms with Crippen molar-refractivity contribution in [1.29, 1.82) is 0 Å². The quantitative estimate of drug-likeness (QED) is 0.413. The first-order chi connectivity index (χ1) is 15.9. The van der Waals surface area contributed by atoms with E-state index < -0.39 is 10.0 Å². The predicted molar refractivity (Wildman–Crippen MR) is 128 cm³/mol. The van der Waals surface area contributed by atoms with Crippen molar-refractivity contribution >= 4 is 49.8 Å². The van der Waals surface area contributed by atoms with Gasteiger partial charge in [0.25, 0.3) is 10.0 Å². The zero-order valence-corrected chi connectivity index (χ0v) is 18.8. The summed E-state index contributed by atoms with van der Waals surface area (Å²) in [4.78, 5) is 20.9. The minimum absolute atomic E-state index is 0.0544. The van der Waals surface area contributed by atoms with Gasteiger partial charge in [0.1, 0.15) is 5.82 Å². The second-order valence-electron chi connectivity index (χ2n) is 7.88. The number of nitrogens with zero attached hydrogens (tertiary/aromatic N) is 2. The fourth-order valence-corrected chi connectivity index (χ4v) is 5.04. The third-order valence-corrected chi connectivity index (χ3v) is 7.30. The summed E-state index contributed by atoms with van der Waals surface area (Å²) in [5.41, 5.74) is 1.60. The molecule has 0 unspecified atom stereocenters. The highest BCUT2D eigenvalue weighted by molar-refractivity contribution is 7.92. The average molecular weight is 479 g/mol. The van der Waals surface area contributed by atoms with Crippen LogP contribution >= 0.6 is 11.6 Å². The number of amides is 1. The molecule has 2 aromatic heterocycles. The van der Waals surface area contributed by atoms with Crippen molar-refractivity contribution in [3.8, 4) is 0 Å². The van der Waals surface area contributed by atoms with Crippen LogP contribution < -0.4 is 10.0 Å². The number of carbonyl (C=O) groups is 1. The van der Waals surface area contributed by atoms with Gasteiger partial charge in [0.15, 0.2) is 0 Å². The van der Waals surface area contributed by atoms with Crippen LogP contribution in [0, 0.1) is 5.92 Å². The lowest BCUT2D eigenvalue weighted by molar-refractivity contribution is -0.117. The number of aromatic nitrogens is 2. The van der Waals surface area contributed by atoms with E-state index in [1.165, 1.54) is 6.20 Å². The Morgan fingerprint density at radius 2 is 1.85 bits per heavy atom. The number of hydrogen-bond acceptors (Lipinski definition) is 5. The van der Waals surface area contributed by atoms with Crippen molar-refractivity contribution in [2.45, 2.75) is 17.2 Å². The zero-order chi connectivity index (χ0) is 23.0. The van der Waals surface area contributed by atoms with E-state index in [4.69, 9.17) is 11.6 Å². The number of benzene rings is 2. The van der Waals surface area contributed by atoms with Crippen molar-refractivity contribution in [2.24, 2.45) is 5.92 Å². The Morgan fingerprint density at radius 3 is 2.61 bits per heavy atom. The summed E-state index contributed by atoms with van der Waals surface area (Å²) in [7, 11) is -3.73. The minimum atomic E-state index is -3.73. The molecule has 2 heterocycles. The first kappa shape index (κ1) is 21.4. The molecule has 0 radical (unpaired) electrons. The first-order valence-corrected chi connectivity index (χ1v) is 12.1. The van der Waals surface area contributed by atoms with Crippen LogP contribution in [0.5, 0.6) is 0 Å².